The number of carbonyl (C=O) groups excluding carboxylic acids is 1. The van der Waals surface area contributed by atoms with Gasteiger partial charge in [-0.1, -0.05) is 12.8 Å². The summed E-state index contributed by atoms with van der Waals surface area (Å²) in [6.07, 6.45) is 6.55. The maximum atomic E-state index is 10.8. The molecule has 5 heteroatoms. The Balaban J connectivity index is 2.08. The quantitative estimate of drug-likeness (QED) is 0.610. The van der Waals surface area contributed by atoms with Crippen molar-refractivity contribution in [1.29, 1.82) is 0 Å². The largest absolute Gasteiger partial charge is 0.490 e. The number of isocyanates is 1. The maximum absolute atomic E-state index is 10.8. The predicted molar refractivity (Wildman–Crippen MR) is 78.0 cm³/mol. The number of fused-ring (bicyclic) bond motifs is 1. The number of halogens is 1. The summed E-state index contributed by atoms with van der Waals surface area (Å²) >= 11 is 3.54. The van der Waals surface area contributed by atoms with Crippen LogP contribution in [0.5, 0.6) is 11.5 Å². The van der Waals surface area contributed by atoms with E-state index in [0.29, 0.717) is 13.2 Å². The Labute approximate surface area is 126 Å². The SMILES string of the molecule is O=C=NC1(c2cc(Br)c3c(c2)OCCCO3)CCCC1. The van der Waals surface area contributed by atoms with E-state index in [-0.39, 0.29) is 0 Å². The van der Waals surface area contributed by atoms with Gasteiger partial charge in [0.15, 0.2) is 11.5 Å². The highest BCUT2D eigenvalue weighted by molar-refractivity contribution is 9.10. The van der Waals surface area contributed by atoms with Crippen LogP contribution in [0.1, 0.15) is 37.7 Å². The normalized spacial score (nSPS) is 20.1. The zero-order valence-electron chi connectivity index (χ0n) is 11.2. The fourth-order valence-corrected chi connectivity index (χ4v) is 3.57. The molecule has 0 unspecified atom stereocenters. The third kappa shape index (κ3) is 2.36. The summed E-state index contributed by atoms with van der Waals surface area (Å²) < 4.78 is 12.3. The van der Waals surface area contributed by atoms with Gasteiger partial charge >= 0.3 is 0 Å². The van der Waals surface area contributed by atoms with Gasteiger partial charge in [0.05, 0.1) is 23.2 Å². The molecule has 0 N–H and O–H groups in total. The molecule has 20 heavy (non-hydrogen) atoms. The second-order valence-electron chi connectivity index (χ2n) is 5.28. The van der Waals surface area contributed by atoms with Gasteiger partial charge in [-0.05, 0) is 46.5 Å². The lowest BCUT2D eigenvalue weighted by atomic mass is 9.88. The fourth-order valence-electron chi connectivity index (χ4n) is 3.01. The van der Waals surface area contributed by atoms with Crippen molar-refractivity contribution in [1.82, 2.24) is 0 Å². The number of ether oxygens (including phenoxy) is 2. The molecule has 1 aliphatic heterocycles. The first kappa shape index (κ1) is 13.7. The van der Waals surface area contributed by atoms with Crippen molar-refractivity contribution in [2.75, 3.05) is 13.2 Å². The zero-order chi connectivity index (χ0) is 14.0. The van der Waals surface area contributed by atoms with Gasteiger partial charge in [0.1, 0.15) is 0 Å². The van der Waals surface area contributed by atoms with Gasteiger partial charge < -0.3 is 9.47 Å². The van der Waals surface area contributed by atoms with Crippen LogP contribution in [0.4, 0.5) is 0 Å². The van der Waals surface area contributed by atoms with Gasteiger partial charge in [0.25, 0.3) is 0 Å². The Morgan fingerprint density at radius 3 is 2.65 bits per heavy atom. The smallest absolute Gasteiger partial charge is 0.235 e. The van der Waals surface area contributed by atoms with Gasteiger partial charge in [-0.15, -0.1) is 0 Å². The van der Waals surface area contributed by atoms with Gasteiger partial charge in [0, 0.05) is 6.42 Å². The number of nitrogens with zero attached hydrogens (tertiary/aromatic N) is 1. The minimum Gasteiger partial charge on any atom is -0.490 e. The van der Waals surface area contributed by atoms with Crippen molar-refractivity contribution in [2.45, 2.75) is 37.6 Å². The lowest BCUT2D eigenvalue weighted by molar-refractivity contribution is 0.296. The third-order valence-electron chi connectivity index (χ3n) is 4.03. The van der Waals surface area contributed by atoms with E-state index >= 15 is 0 Å². The molecule has 106 valence electrons. The molecule has 4 nitrogen and oxygen atoms in total. The molecule has 3 rings (SSSR count). The topological polar surface area (TPSA) is 47.9 Å². The van der Waals surface area contributed by atoms with Gasteiger partial charge in [-0.25, -0.2) is 4.79 Å². The van der Waals surface area contributed by atoms with E-state index in [1.165, 1.54) is 0 Å². The Morgan fingerprint density at radius 1 is 1.15 bits per heavy atom. The van der Waals surface area contributed by atoms with E-state index in [4.69, 9.17) is 9.47 Å². The fraction of sp³-hybridized carbons (Fsp3) is 0.533. The highest BCUT2D eigenvalue weighted by Gasteiger charge is 2.37. The van der Waals surface area contributed by atoms with E-state index in [0.717, 1.165) is 53.6 Å². The number of hydrogen-bond acceptors (Lipinski definition) is 4. The third-order valence-corrected chi connectivity index (χ3v) is 4.62. The van der Waals surface area contributed by atoms with Crippen LogP contribution in [0, 0.1) is 0 Å². The molecule has 0 radical (unpaired) electrons. The first-order valence-electron chi connectivity index (χ1n) is 6.94. The number of rotatable bonds is 2. The van der Waals surface area contributed by atoms with Crippen LogP contribution < -0.4 is 9.47 Å². The molecule has 1 aromatic carbocycles. The van der Waals surface area contributed by atoms with Crippen LogP contribution in [0.15, 0.2) is 21.6 Å². The van der Waals surface area contributed by atoms with Crippen molar-refractivity contribution >= 4 is 22.0 Å². The molecule has 1 aliphatic carbocycles. The summed E-state index contributed by atoms with van der Waals surface area (Å²) in [5.74, 6) is 1.48. The molecule has 0 aromatic heterocycles. The molecule has 1 fully saturated rings. The summed E-state index contributed by atoms with van der Waals surface area (Å²) in [4.78, 5) is 14.9. The molecule has 0 bridgehead atoms. The lowest BCUT2D eigenvalue weighted by Crippen LogP contribution is -2.19. The van der Waals surface area contributed by atoms with E-state index in [1.54, 1.807) is 6.08 Å². The van der Waals surface area contributed by atoms with E-state index in [9.17, 15) is 4.79 Å². The molecule has 0 saturated heterocycles. The standard InChI is InChI=1S/C15H16BrNO3/c16-12-8-11(15(17-10-18)4-1-2-5-15)9-13-14(12)20-7-3-6-19-13/h8-9H,1-7H2. The van der Waals surface area contributed by atoms with Gasteiger partial charge in [0.2, 0.25) is 6.08 Å². The molecule has 1 saturated carbocycles. The van der Waals surface area contributed by atoms with Crippen LogP contribution in [0.3, 0.4) is 0 Å². The van der Waals surface area contributed by atoms with Gasteiger partial charge in [-0.3, -0.25) is 0 Å². The molecular weight excluding hydrogens is 322 g/mol. The number of benzene rings is 1. The summed E-state index contributed by atoms with van der Waals surface area (Å²) in [5, 5.41) is 0. The van der Waals surface area contributed by atoms with Crippen molar-refractivity contribution < 1.29 is 14.3 Å². The lowest BCUT2D eigenvalue weighted by Gasteiger charge is -2.24. The van der Waals surface area contributed by atoms with Crippen LogP contribution >= 0.6 is 15.9 Å². The molecule has 0 spiro atoms. The molecule has 0 atom stereocenters. The number of aliphatic imine (C=N–C) groups is 1. The first-order chi connectivity index (χ1) is 9.75. The minimum absolute atomic E-state index is 0.436. The molecule has 0 amide bonds. The summed E-state index contributed by atoms with van der Waals surface area (Å²) in [5.41, 5.74) is 0.573. The van der Waals surface area contributed by atoms with Crippen molar-refractivity contribution in [3.05, 3.63) is 22.2 Å². The monoisotopic (exact) mass is 337 g/mol. The average Bonchev–Trinajstić information content (AvgIpc) is 2.78. The van der Waals surface area contributed by atoms with Crippen molar-refractivity contribution in [3.8, 4) is 11.5 Å². The van der Waals surface area contributed by atoms with E-state index in [2.05, 4.69) is 20.9 Å². The second-order valence-corrected chi connectivity index (χ2v) is 6.13. The Morgan fingerprint density at radius 2 is 1.90 bits per heavy atom. The Kier molecular flexibility index (Phi) is 3.81. The second kappa shape index (κ2) is 5.58. The minimum atomic E-state index is -0.436. The molecule has 2 aliphatic rings. The van der Waals surface area contributed by atoms with Crippen molar-refractivity contribution in [3.63, 3.8) is 0 Å². The molecular formula is C15H16BrNO3. The van der Waals surface area contributed by atoms with E-state index in [1.807, 2.05) is 12.1 Å². The maximum Gasteiger partial charge on any atom is 0.235 e. The highest BCUT2D eigenvalue weighted by Crippen LogP contribution is 2.47. The molecule has 1 aromatic rings. The predicted octanol–water partition coefficient (Wildman–Crippen LogP) is 3.72. The molecule has 1 heterocycles. The van der Waals surface area contributed by atoms with Crippen LogP contribution in [-0.2, 0) is 10.3 Å². The first-order valence-corrected chi connectivity index (χ1v) is 7.73. The van der Waals surface area contributed by atoms with Crippen LogP contribution in [0.2, 0.25) is 0 Å². The summed E-state index contributed by atoms with van der Waals surface area (Å²) in [6, 6.07) is 3.97. The van der Waals surface area contributed by atoms with E-state index < -0.39 is 5.54 Å². The number of hydrogen-bond donors (Lipinski definition) is 0. The van der Waals surface area contributed by atoms with Crippen molar-refractivity contribution in [2.24, 2.45) is 4.99 Å². The summed E-state index contributed by atoms with van der Waals surface area (Å²) in [7, 11) is 0. The van der Waals surface area contributed by atoms with Crippen LogP contribution in [0.25, 0.3) is 0 Å². The van der Waals surface area contributed by atoms with Gasteiger partial charge in [-0.2, -0.15) is 4.99 Å². The summed E-state index contributed by atoms with van der Waals surface area (Å²) in [6.45, 7) is 1.30. The zero-order valence-corrected chi connectivity index (χ0v) is 12.7. The highest BCUT2D eigenvalue weighted by atomic mass is 79.9. The van der Waals surface area contributed by atoms with Crippen LogP contribution in [-0.4, -0.2) is 19.3 Å². The average molecular weight is 338 g/mol. The Hall–Kier alpha value is -1.32. The Bertz CT molecular complexity index is 560.